The van der Waals surface area contributed by atoms with Crippen LogP contribution in [0.5, 0.6) is 0 Å². The summed E-state index contributed by atoms with van der Waals surface area (Å²) in [5, 5.41) is 10.6. The molecule has 0 aliphatic heterocycles. The lowest BCUT2D eigenvalue weighted by molar-refractivity contribution is 0.287. The molecule has 1 aliphatic carbocycles. The molecule has 0 amide bonds. The molecule has 1 N–H and O–H groups in total. The van der Waals surface area contributed by atoms with Crippen molar-refractivity contribution in [2.45, 2.75) is 57.1 Å². The molecule has 2 heterocycles. The average molecular weight is 338 g/mol. The summed E-state index contributed by atoms with van der Waals surface area (Å²) in [5.74, 6) is 0.892. The van der Waals surface area contributed by atoms with E-state index in [2.05, 4.69) is 0 Å². The normalized spacial score (nSPS) is 14.5. The Morgan fingerprint density at radius 1 is 1.32 bits per heavy atom. The molecule has 6 heteroatoms. The predicted molar refractivity (Wildman–Crippen MR) is 93.2 cm³/mol. The maximum absolute atomic E-state index is 12.9. The second-order valence-corrected chi connectivity index (χ2v) is 7.76. The Morgan fingerprint density at radius 3 is 2.91 bits per heavy atom. The van der Waals surface area contributed by atoms with Crippen LogP contribution < -0.4 is 5.56 Å². The predicted octanol–water partition coefficient (Wildman–Crippen LogP) is 3.22. The van der Waals surface area contributed by atoms with Gasteiger partial charge in [-0.1, -0.05) is 11.8 Å². The Balaban J connectivity index is 2.00. The molecular weight excluding hydrogens is 316 g/mol. The highest BCUT2D eigenvalue weighted by Gasteiger charge is 2.21. The Morgan fingerprint density at radius 2 is 2.14 bits per heavy atom. The summed E-state index contributed by atoms with van der Waals surface area (Å²) in [5.41, 5.74) is 1.40. The van der Waals surface area contributed by atoms with Crippen molar-refractivity contribution in [2.75, 3.05) is 12.4 Å². The fourth-order valence-corrected chi connectivity index (χ4v) is 5.35. The fourth-order valence-electron chi connectivity index (χ4n) is 2.99. The number of aromatic nitrogens is 2. The van der Waals surface area contributed by atoms with Crippen molar-refractivity contribution in [1.82, 2.24) is 9.55 Å². The Hall–Kier alpha value is -0.850. The van der Waals surface area contributed by atoms with E-state index in [1.165, 1.54) is 23.3 Å². The van der Waals surface area contributed by atoms with Gasteiger partial charge in [-0.15, -0.1) is 11.3 Å². The molecule has 0 spiro atoms. The van der Waals surface area contributed by atoms with E-state index in [4.69, 9.17) is 10.1 Å². The number of hydrogen-bond acceptors (Lipinski definition) is 5. The van der Waals surface area contributed by atoms with Crippen molar-refractivity contribution >= 4 is 33.3 Å². The van der Waals surface area contributed by atoms with Gasteiger partial charge in [0.25, 0.3) is 5.56 Å². The summed E-state index contributed by atoms with van der Waals surface area (Å²) in [6, 6.07) is 0. The first kappa shape index (κ1) is 16.0. The Bertz CT molecular complexity index is 721. The molecule has 0 fully saturated rings. The van der Waals surface area contributed by atoms with Gasteiger partial charge in [-0.3, -0.25) is 9.36 Å². The molecule has 2 aromatic heterocycles. The number of fused-ring (bicyclic) bond motifs is 3. The van der Waals surface area contributed by atoms with E-state index in [1.54, 1.807) is 23.1 Å². The third-order valence-corrected chi connectivity index (χ3v) is 6.39. The lowest BCUT2D eigenvalue weighted by atomic mass is 9.97. The lowest BCUT2D eigenvalue weighted by Gasteiger charge is -2.12. The van der Waals surface area contributed by atoms with E-state index < -0.39 is 0 Å². The van der Waals surface area contributed by atoms with Gasteiger partial charge in [-0.05, 0) is 51.0 Å². The van der Waals surface area contributed by atoms with E-state index in [0.717, 1.165) is 46.8 Å². The molecule has 0 saturated carbocycles. The molecule has 4 nitrogen and oxygen atoms in total. The minimum Gasteiger partial charge on any atom is -0.396 e. The quantitative estimate of drug-likeness (QED) is 0.499. The van der Waals surface area contributed by atoms with Gasteiger partial charge in [0.1, 0.15) is 4.83 Å². The highest BCUT2D eigenvalue weighted by molar-refractivity contribution is 7.99. The van der Waals surface area contributed by atoms with Gasteiger partial charge in [-0.25, -0.2) is 4.98 Å². The van der Waals surface area contributed by atoms with Gasteiger partial charge in [0.2, 0.25) is 0 Å². The summed E-state index contributed by atoms with van der Waals surface area (Å²) >= 11 is 3.35. The zero-order valence-electron chi connectivity index (χ0n) is 12.9. The van der Waals surface area contributed by atoms with E-state index in [-0.39, 0.29) is 12.2 Å². The minimum absolute atomic E-state index is 0.136. The molecule has 0 saturated heterocycles. The molecule has 22 heavy (non-hydrogen) atoms. The Labute approximate surface area is 138 Å². The SMILES string of the molecule is CCn1c(SCCCCO)nc2sc3c(c2c1=O)CCCC3. The van der Waals surface area contributed by atoms with Crippen LogP contribution in [0.4, 0.5) is 0 Å². The molecular formula is C16H22N2O2S2. The van der Waals surface area contributed by atoms with Crippen LogP contribution in [0.2, 0.25) is 0 Å². The number of hydrogen-bond donors (Lipinski definition) is 1. The zero-order valence-corrected chi connectivity index (χ0v) is 14.6. The van der Waals surface area contributed by atoms with E-state index in [9.17, 15) is 4.79 Å². The van der Waals surface area contributed by atoms with Crippen LogP contribution in [0, 0.1) is 0 Å². The van der Waals surface area contributed by atoms with Crippen LogP contribution in [0.3, 0.4) is 0 Å². The maximum atomic E-state index is 12.9. The number of rotatable bonds is 6. The van der Waals surface area contributed by atoms with Gasteiger partial charge in [-0.2, -0.15) is 0 Å². The third kappa shape index (κ3) is 2.96. The fraction of sp³-hybridized carbons (Fsp3) is 0.625. The van der Waals surface area contributed by atoms with Gasteiger partial charge >= 0.3 is 0 Å². The Kier molecular flexibility index (Phi) is 5.21. The van der Waals surface area contributed by atoms with Crippen LogP contribution >= 0.6 is 23.1 Å². The van der Waals surface area contributed by atoms with Crippen molar-refractivity contribution < 1.29 is 5.11 Å². The molecule has 0 unspecified atom stereocenters. The number of aryl methyl sites for hydroxylation is 2. The average Bonchev–Trinajstić information content (AvgIpc) is 2.90. The summed E-state index contributed by atoms with van der Waals surface area (Å²) in [7, 11) is 0. The maximum Gasteiger partial charge on any atom is 0.263 e. The van der Waals surface area contributed by atoms with Crippen molar-refractivity contribution in [1.29, 1.82) is 0 Å². The highest BCUT2D eigenvalue weighted by Crippen LogP contribution is 2.34. The first-order chi connectivity index (χ1) is 10.8. The van der Waals surface area contributed by atoms with E-state index in [1.807, 2.05) is 11.5 Å². The van der Waals surface area contributed by atoms with Gasteiger partial charge < -0.3 is 5.11 Å². The van der Waals surface area contributed by atoms with Gasteiger partial charge in [0.05, 0.1) is 5.39 Å². The molecule has 3 rings (SSSR count). The van der Waals surface area contributed by atoms with E-state index >= 15 is 0 Å². The minimum atomic E-state index is 0.136. The van der Waals surface area contributed by atoms with Crippen molar-refractivity contribution in [2.24, 2.45) is 0 Å². The standard InChI is InChI=1S/C16H22N2O2S2/c1-2-18-15(20)13-11-7-3-4-8-12(11)22-14(13)17-16(18)21-10-6-5-9-19/h19H,2-10H2,1H3. The second kappa shape index (κ2) is 7.15. The second-order valence-electron chi connectivity index (χ2n) is 5.61. The number of aliphatic hydroxyl groups excluding tert-OH is 1. The number of unbranched alkanes of at least 4 members (excludes halogenated alkanes) is 1. The van der Waals surface area contributed by atoms with Crippen molar-refractivity contribution in [3.8, 4) is 0 Å². The van der Waals surface area contributed by atoms with Crippen molar-refractivity contribution in [3.05, 3.63) is 20.8 Å². The zero-order chi connectivity index (χ0) is 15.5. The van der Waals surface area contributed by atoms with Crippen LogP contribution in [0.1, 0.15) is 43.0 Å². The molecule has 2 aromatic rings. The largest absolute Gasteiger partial charge is 0.396 e. The van der Waals surface area contributed by atoms with Crippen LogP contribution in [0.25, 0.3) is 10.2 Å². The molecule has 0 aromatic carbocycles. The number of nitrogens with zero attached hydrogens (tertiary/aromatic N) is 2. The monoisotopic (exact) mass is 338 g/mol. The van der Waals surface area contributed by atoms with Gasteiger partial charge in [0.15, 0.2) is 5.16 Å². The van der Waals surface area contributed by atoms with Crippen LogP contribution in [-0.2, 0) is 19.4 Å². The summed E-state index contributed by atoms with van der Waals surface area (Å²) in [6.07, 6.45) is 6.28. The molecule has 0 bridgehead atoms. The lowest BCUT2D eigenvalue weighted by Crippen LogP contribution is -2.23. The third-order valence-electron chi connectivity index (χ3n) is 4.14. The molecule has 120 valence electrons. The smallest absolute Gasteiger partial charge is 0.263 e. The summed E-state index contributed by atoms with van der Waals surface area (Å²) < 4.78 is 1.81. The number of thiophene rings is 1. The summed E-state index contributed by atoms with van der Waals surface area (Å²) in [6.45, 7) is 2.89. The van der Waals surface area contributed by atoms with Crippen LogP contribution in [-0.4, -0.2) is 27.0 Å². The first-order valence-corrected chi connectivity index (χ1v) is 9.85. The topological polar surface area (TPSA) is 55.1 Å². The number of thioether (sulfide) groups is 1. The van der Waals surface area contributed by atoms with Crippen molar-refractivity contribution in [3.63, 3.8) is 0 Å². The van der Waals surface area contributed by atoms with E-state index in [0.29, 0.717) is 6.54 Å². The molecule has 1 aliphatic rings. The first-order valence-electron chi connectivity index (χ1n) is 8.05. The summed E-state index contributed by atoms with van der Waals surface area (Å²) in [4.78, 5) is 20.0. The highest BCUT2D eigenvalue weighted by atomic mass is 32.2. The number of aliphatic hydroxyl groups is 1. The van der Waals surface area contributed by atoms with Crippen LogP contribution in [0.15, 0.2) is 9.95 Å². The molecule has 0 atom stereocenters. The molecule has 0 radical (unpaired) electrons. The van der Waals surface area contributed by atoms with Gasteiger partial charge in [0, 0.05) is 23.8 Å².